The molecule has 0 saturated heterocycles. The number of hydrogen-bond acceptors (Lipinski definition) is 4. The van der Waals surface area contributed by atoms with E-state index < -0.39 is 17.3 Å². The van der Waals surface area contributed by atoms with Crippen molar-refractivity contribution in [2.24, 2.45) is 7.05 Å². The first-order valence-electron chi connectivity index (χ1n) is 4.43. The first-order chi connectivity index (χ1) is 8.00. The summed E-state index contributed by atoms with van der Waals surface area (Å²) in [5, 5.41) is 9.10. The van der Waals surface area contributed by atoms with Gasteiger partial charge in [-0.3, -0.25) is 0 Å². The predicted octanol–water partition coefficient (Wildman–Crippen LogP) is 0.837. The Labute approximate surface area is 131 Å². The van der Waals surface area contributed by atoms with Crippen LogP contribution in [0.4, 0.5) is 0 Å². The zero-order valence-corrected chi connectivity index (χ0v) is 15.0. The number of sulfone groups is 1. The minimum absolute atomic E-state index is 0.214. The molecule has 0 bridgehead atoms. The number of alkyl halides is 3. The van der Waals surface area contributed by atoms with Gasteiger partial charge >= 0.3 is 0 Å². The Balaban J connectivity index is 0.000000631. The molecule has 0 N–H and O–H groups in total. The normalized spacial score (nSPS) is 11.4. The van der Waals surface area contributed by atoms with Gasteiger partial charge in [0.2, 0.25) is 1.47 Å². The summed E-state index contributed by atoms with van der Waals surface area (Å²) < 4.78 is 24.0. The fourth-order valence-electron chi connectivity index (χ4n) is 0.905. The first-order valence-corrected chi connectivity index (χ1v) is 8.30. The number of carboxylic acid groups (broad SMARTS) is 1. The number of aryl methyl sites for hydroxylation is 1. The van der Waals surface area contributed by atoms with E-state index in [1.165, 1.54) is 10.6 Å². The van der Waals surface area contributed by atoms with Gasteiger partial charge in [0.1, 0.15) is 7.05 Å². The monoisotopic (exact) mass is 465 g/mol. The first kappa shape index (κ1) is 18.0. The summed E-state index contributed by atoms with van der Waals surface area (Å²) in [5.74, 6) is -1.08. The highest BCUT2D eigenvalue weighted by Crippen LogP contribution is 2.42. The fourth-order valence-corrected chi connectivity index (χ4v) is 3.33. The lowest BCUT2D eigenvalue weighted by molar-refractivity contribution is -0.709. The highest BCUT2D eigenvalue weighted by molar-refractivity contribution is 9.42. The van der Waals surface area contributed by atoms with Gasteiger partial charge in [0.05, 0.1) is 0 Å². The molecule has 0 unspecified atom stereocenters. The summed E-state index contributed by atoms with van der Waals surface area (Å²) in [6, 6.07) is 4.97. The second-order valence-electron chi connectivity index (χ2n) is 3.09. The lowest BCUT2D eigenvalue weighted by atomic mass is 10.5. The molecular formula is C9H10Br3NO4S. The Bertz CT molecular complexity index is 521. The average molecular weight is 468 g/mol. The van der Waals surface area contributed by atoms with Crippen LogP contribution in [-0.2, 0) is 21.7 Å². The topological polar surface area (TPSA) is 78.2 Å². The standard InChI is InChI=1S/C7H7Br3NO2S.C2H4O2/c1-11-5-3-2-4-6(11)14(12,13)7(8,9)10;1-2(3)4/h2-5H,1H3;1H3,(H,3,4)/q+1;/p-1. The van der Waals surface area contributed by atoms with Gasteiger partial charge in [0.25, 0.3) is 14.9 Å². The molecule has 1 heterocycles. The molecule has 0 aliphatic rings. The fraction of sp³-hybridized carbons (Fsp3) is 0.333. The molecule has 18 heavy (non-hydrogen) atoms. The highest BCUT2D eigenvalue weighted by atomic mass is 80.0. The van der Waals surface area contributed by atoms with Crippen molar-refractivity contribution in [1.29, 1.82) is 0 Å². The SMILES string of the molecule is CC(=O)[O-].C[n+]1ccccc1S(=O)(=O)C(Br)(Br)Br. The minimum atomic E-state index is -3.49. The largest absolute Gasteiger partial charge is 0.550 e. The third kappa shape index (κ3) is 5.33. The molecule has 9 heteroatoms. The number of carboxylic acids is 1. The molecule has 5 nitrogen and oxygen atoms in total. The van der Waals surface area contributed by atoms with Crippen molar-refractivity contribution in [2.45, 2.75) is 13.4 Å². The quantitative estimate of drug-likeness (QED) is 0.453. The summed E-state index contributed by atoms with van der Waals surface area (Å²) in [5.41, 5.74) is 0. The van der Waals surface area contributed by atoms with Gasteiger partial charge in [0, 0.05) is 18.1 Å². The van der Waals surface area contributed by atoms with E-state index in [2.05, 4.69) is 47.8 Å². The van der Waals surface area contributed by atoms with Crippen LogP contribution in [-0.4, -0.2) is 15.9 Å². The number of hydrogen-bond donors (Lipinski definition) is 0. The molecule has 1 aromatic rings. The average Bonchev–Trinajstić information content (AvgIpc) is 2.15. The van der Waals surface area contributed by atoms with E-state index in [0.29, 0.717) is 0 Å². The van der Waals surface area contributed by atoms with Crippen molar-refractivity contribution < 1.29 is 22.9 Å². The van der Waals surface area contributed by atoms with E-state index in [4.69, 9.17) is 9.90 Å². The van der Waals surface area contributed by atoms with E-state index in [-0.39, 0.29) is 5.03 Å². The zero-order valence-electron chi connectivity index (χ0n) is 9.43. The smallest absolute Gasteiger partial charge is 0.300 e. The van der Waals surface area contributed by atoms with Crippen LogP contribution in [0.3, 0.4) is 0 Å². The van der Waals surface area contributed by atoms with E-state index >= 15 is 0 Å². The lowest BCUT2D eigenvalue weighted by Crippen LogP contribution is -2.38. The van der Waals surface area contributed by atoms with Crippen molar-refractivity contribution >= 4 is 63.6 Å². The molecule has 0 aromatic carbocycles. The van der Waals surface area contributed by atoms with Crippen LogP contribution >= 0.6 is 47.8 Å². The molecule has 0 aliphatic carbocycles. The Morgan fingerprint density at radius 3 is 2.11 bits per heavy atom. The Hall–Kier alpha value is 0.0100. The van der Waals surface area contributed by atoms with Gasteiger partial charge in [-0.1, -0.05) is 0 Å². The molecule has 0 fully saturated rings. The molecule has 1 rings (SSSR count). The van der Waals surface area contributed by atoms with Crippen molar-refractivity contribution in [3.05, 3.63) is 24.4 Å². The van der Waals surface area contributed by atoms with Crippen molar-refractivity contribution in [3.63, 3.8) is 0 Å². The van der Waals surface area contributed by atoms with Gasteiger partial charge in [-0.2, -0.15) is 4.57 Å². The molecule has 0 radical (unpaired) electrons. The molecule has 1 aromatic heterocycles. The van der Waals surface area contributed by atoms with E-state index in [1.807, 2.05) is 0 Å². The van der Waals surface area contributed by atoms with Crippen LogP contribution in [0.2, 0.25) is 0 Å². The van der Waals surface area contributed by atoms with Crippen molar-refractivity contribution in [2.75, 3.05) is 0 Å². The Morgan fingerprint density at radius 1 is 1.33 bits per heavy atom. The number of halogens is 3. The third-order valence-electron chi connectivity index (χ3n) is 1.59. The van der Waals surface area contributed by atoms with Crippen LogP contribution in [0, 0.1) is 0 Å². The number of aromatic nitrogens is 1. The number of nitrogens with zero attached hydrogens (tertiary/aromatic N) is 1. The molecule has 0 saturated carbocycles. The van der Waals surface area contributed by atoms with Crippen LogP contribution in [0.25, 0.3) is 0 Å². The van der Waals surface area contributed by atoms with Gasteiger partial charge in [0.15, 0.2) is 6.20 Å². The lowest BCUT2D eigenvalue weighted by Gasteiger charge is -2.10. The number of aliphatic carboxylic acids is 1. The number of carbonyl (C=O) groups is 1. The summed E-state index contributed by atoms with van der Waals surface area (Å²) in [6.45, 7) is 0.972. The number of pyridine rings is 1. The highest BCUT2D eigenvalue weighted by Gasteiger charge is 2.42. The molecule has 0 atom stereocenters. The maximum absolute atomic E-state index is 11.9. The minimum Gasteiger partial charge on any atom is -0.550 e. The summed E-state index contributed by atoms with van der Waals surface area (Å²) in [7, 11) is -1.82. The third-order valence-corrected chi connectivity index (χ3v) is 7.01. The maximum atomic E-state index is 11.9. The predicted molar refractivity (Wildman–Crippen MR) is 75.0 cm³/mol. The summed E-state index contributed by atoms with van der Waals surface area (Å²) in [4.78, 5) is 8.89. The van der Waals surface area contributed by atoms with Crippen molar-refractivity contribution in [1.82, 2.24) is 0 Å². The summed E-state index contributed by atoms with van der Waals surface area (Å²) >= 11 is 9.01. The van der Waals surface area contributed by atoms with Gasteiger partial charge < -0.3 is 9.90 Å². The maximum Gasteiger partial charge on any atom is 0.300 e. The molecule has 0 spiro atoms. The van der Waals surface area contributed by atoms with Crippen LogP contribution in [0.15, 0.2) is 29.4 Å². The van der Waals surface area contributed by atoms with Crippen LogP contribution in [0.5, 0.6) is 0 Å². The zero-order chi connectivity index (χ0) is 14.6. The molecule has 0 aliphatic heterocycles. The Morgan fingerprint density at radius 2 is 1.78 bits per heavy atom. The second-order valence-corrected chi connectivity index (χ2v) is 13.5. The van der Waals surface area contributed by atoms with Crippen LogP contribution in [0.1, 0.15) is 6.92 Å². The number of rotatable bonds is 1. The van der Waals surface area contributed by atoms with Gasteiger partial charge in [-0.15, -0.1) is 0 Å². The van der Waals surface area contributed by atoms with E-state index in [0.717, 1.165) is 6.92 Å². The second kappa shape index (κ2) is 6.97. The summed E-state index contributed by atoms with van der Waals surface area (Å²) in [6.07, 6.45) is 1.67. The van der Waals surface area contributed by atoms with Gasteiger partial charge in [-0.25, -0.2) is 8.42 Å². The van der Waals surface area contributed by atoms with Gasteiger partial charge in [-0.05, 0) is 60.8 Å². The van der Waals surface area contributed by atoms with Crippen LogP contribution < -0.4 is 9.67 Å². The Kier molecular flexibility index (Phi) is 6.97. The molecular weight excluding hydrogens is 458 g/mol. The van der Waals surface area contributed by atoms with E-state index in [1.54, 1.807) is 25.4 Å². The van der Waals surface area contributed by atoms with Crippen molar-refractivity contribution in [3.8, 4) is 0 Å². The number of carbonyl (C=O) groups excluding carboxylic acids is 1. The molecule has 102 valence electrons. The molecule has 0 amide bonds. The van der Waals surface area contributed by atoms with E-state index in [9.17, 15) is 8.42 Å².